The molecule has 0 heterocycles. The van der Waals surface area contributed by atoms with Crippen LogP contribution in [0.2, 0.25) is 0 Å². The average molecular weight is 368 g/mol. The molecule has 1 amide bonds. The first-order chi connectivity index (χ1) is 12.8. The molecule has 140 valence electrons. The van der Waals surface area contributed by atoms with Crippen molar-refractivity contribution in [2.75, 3.05) is 6.61 Å². The van der Waals surface area contributed by atoms with E-state index >= 15 is 0 Å². The fourth-order valence-electron chi connectivity index (χ4n) is 2.24. The number of benzene rings is 2. The van der Waals surface area contributed by atoms with Crippen molar-refractivity contribution in [1.82, 2.24) is 5.32 Å². The first kappa shape index (κ1) is 19.8. The molecule has 2 aromatic rings. The Kier molecular flexibility index (Phi) is 6.82. The van der Waals surface area contributed by atoms with Crippen molar-refractivity contribution < 1.29 is 19.2 Å². The third-order valence-electron chi connectivity index (χ3n) is 3.47. The van der Waals surface area contributed by atoms with E-state index < -0.39 is 4.92 Å². The second-order valence-electron chi connectivity index (χ2n) is 6.08. The van der Waals surface area contributed by atoms with Crippen LogP contribution >= 0.6 is 0 Å². The van der Waals surface area contributed by atoms with Crippen LogP contribution in [-0.4, -0.2) is 29.3 Å². The third-order valence-corrected chi connectivity index (χ3v) is 3.47. The summed E-state index contributed by atoms with van der Waals surface area (Å²) in [5.41, 5.74) is 0.969. The molecular weight excluding hydrogens is 348 g/mol. The van der Waals surface area contributed by atoms with Crippen LogP contribution in [-0.2, 0) is 4.79 Å². The van der Waals surface area contributed by atoms with E-state index in [-0.39, 0.29) is 30.0 Å². The van der Waals surface area contributed by atoms with Gasteiger partial charge in [-0.3, -0.25) is 19.7 Å². The van der Waals surface area contributed by atoms with Gasteiger partial charge in [-0.05, 0) is 49.8 Å². The zero-order valence-corrected chi connectivity index (χ0v) is 15.0. The smallest absolute Gasteiger partial charge is 0.270 e. The molecule has 0 radical (unpaired) electrons. The molecule has 2 rings (SSSR count). The summed E-state index contributed by atoms with van der Waals surface area (Å²) < 4.78 is 5.36. The second kappa shape index (κ2) is 9.28. The summed E-state index contributed by atoms with van der Waals surface area (Å²) in [5.74, 6) is 0.0174. The topological polar surface area (TPSA) is 98.5 Å². The van der Waals surface area contributed by atoms with Gasteiger partial charge in [-0.25, -0.2) is 0 Å². The molecule has 0 saturated carbocycles. The van der Waals surface area contributed by atoms with Crippen LogP contribution in [0.25, 0.3) is 6.08 Å². The number of amides is 1. The Morgan fingerprint density at radius 2 is 1.89 bits per heavy atom. The maximum Gasteiger partial charge on any atom is 0.270 e. The van der Waals surface area contributed by atoms with E-state index in [0.29, 0.717) is 16.9 Å². The maximum absolute atomic E-state index is 12.2. The predicted molar refractivity (Wildman–Crippen MR) is 102 cm³/mol. The molecule has 0 aromatic heterocycles. The summed E-state index contributed by atoms with van der Waals surface area (Å²) in [4.78, 5) is 34.0. The van der Waals surface area contributed by atoms with E-state index in [0.717, 1.165) is 0 Å². The first-order valence-corrected chi connectivity index (χ1v) is 8.34. The predicted octanol–water partition coefficient (Wildman–Crippen LogP) is 3.39. The number of carbonyl (C=O) groups excluding carboxylic acids is 2. The number of non-ortho nitro benzene ring substituents is 1. The highest BCUT2D eigenvalue weighted by atomic mass is 16.6. The van der Waals surface area contributed by atoms with Crippen LogP contribution < -0.4 is 10.1 Å². The quantitative estimate of drug-likeness (QED) is 0.333. The third kappa shape index (κ3) is 6.39. The van der Waals surface area contributed by atoms with Gasteiger partial charge in [0.25, 0.3) is 11.6 Å². The Bertz CT molecular complexity index is 857. The van der Waals surface area contributed by atoms with Crippen molar-refractivity contribution in [2.24, 2.45) is 0 Å². The largest absolute Gasteiger partial charge is 0.484 e. The fourth-order valence-corrected chi connectivity index (χ4v) is 2.24. The molecule has 1 N–H and O–H groups in total. The van der Waals surface area contributed by atoms with Crippen LogP contribution in [0.5, 0.6) is 5.75 Å². The number of nitro benzene ring substituents is 1. The Labute approximate surface area is 156 Å². The van der Waals surface area contributed by atoms with Crippen molar-refractivity contribution in [1.29, 1.82) is 0 Å². The van der Waals surface area contributed by atoms with Crippen molar-refractivity contribution >= 4 is 23.5 Å². The van der Waals surface area contributed by atoms with Crippen molar-refractivity contribution in [3.05, 3.63) is 75.8 Å². The van der Waals surface area contributed by atoms with E-state index in [1.54, 1.807) is 36.4 Å². The molecule has 7 nitrogen and oxygen atoms in total. The van der Waals surface area contributed by atoms with Gasteiger partial charge in [-0.1, -0.05) is 18.2 Å². The van der Waals surface area contributed by atoms with E-state index in [1.807, 2.05) is 13.8 Å². The van der Waals surface area contributed by atoms with E-state index in [1.165, 1.54) is 24.3 Å². The lowest BCUT2D eigenvalue weighted by Gasteiger charge is -2.09. The summed E-state index contributed by atoms with van der Waals surface area (Å²) in [6, 6.07) is 12.5. The van der Waals surface area contributed by atoms with Crippen LogP contribution in [0, 0.1) is 10.1 Å². The summed E-state index contributed by atoms with van der Waals surface area (Å²) in [6.45, 7) is 3.62. The van der Waals surface area contributed by atoms with Crippen LogP contribution in [0.1, 0.15) is 29.8 Å². The molecule has 0 bridgehead atoms. The second-order valence-corrected chi connectivity index (χ2v) is 6.08. The van der Waals surface area contributed by atoms with Gasteiger partial charge >= 0.3 is 0 Å². The number of hydrogen-bond acceptors (Lipinski definition) is 5. The molecule has 0 atom stereocenters. The summed E-state index contributed by atoms with van der Waals surface area (Å²) in [6.07, 6.45) is 2.88. The average Bonchev–Trinajstić information content (AvgIpc) is 2.64. The number of rotatable bonds is 8. The number of ether oxygens (including phenoxy) is 1. The zero-order valence-electron chi connectivity index (χ0n) is 15.0. The summed E-state index contributed by atoms with van der Waals surface area (Å²) in [5, 5.41) is 13.5. The molecule has 7 heteroatoms. The highest BCUT2D eigenvalue weighted by Crippen LogP contribution is 2.16. The number of nitrogens with zero attached hydrogens (tertiary/aromatic N) is 1. The molecule has 27 heavy (non-hydrogen) atoms. The molecule has 0 fully saturated rings. The number of carbonyl (C=O) groups is 2. The number of nitrogens with one attached hydrogen (secondary N) is 1. The monoisotopic (exact) mass is 368 g/mol. The van der Waals surface area contributed by atoms with Gasteiger partial charge in [0.2, 0.25) is 0 Å². The summed E-state index contributed by atoms with van der Waals surface area (Å²) in [7, 11) is 0. The SMILES string of the molecule is CC(C)NC(=O)COc1ccc(C(=O)/C=C/c2cccc([N+](=O)[O-])c2)cc1. The molecule has 0 aliphatic heterocycles. The van der Waals surface area contributed by atoms with Gasteiger partial charge in [-0.15, -0.1) is 0 Å². The molecular formula is C20H20N2O5. The number of ketones is 1. The molecule has 0 unspecified atom stereocenters. The number of nitro groups is 1. The van der Waals surface area contributed by atoms with Crippen molar-refractivity contribution in [3.63, 3.8) is 0 Å². The zero-order chi connectivity index (χ0) is 19.8. The molecule has 0 saturated heterocycles. The van der Waals surface area contributed by atoms with E-state index in [2.05, 4.69) is 5.32 Å². The highest BCUT2D eigenvalue weighted by Gasteiger charge is 2.07. The van der Waals surface area contributed by atoms with Crippen molar-refractivity contribution in [2.45, 2.75) is 19.9 Å². The molecule has 0 aliphatic carbocycles. The number of allylic oxidation sites excluding steroid dienone is 1. The van der Waals surface area contributed by atoms with Gasteiger partial charge in [0.05, 0.1) is 4.92 Å². The van der Waals surface area contributed by atoms with Gasteiger partial charge in [-0.2, -0.15) is 0 Å². The highest BCUT2D eigenvalue weighted by molar-refractivity contribution is 6.06. The summed E-state index contributed by atoms with van der Waals surface area (Å²) >= 11 is 0. The lowest BCUT2D eigenvalue weighted by molar-refractivity contribution is -0.384. The maximum atomic E-state index is 12.2. The van der Waals surface area contributed by atoms with Gasteiger partial charge in [0, 0.05) is 23.7 Å². The fraction of sp³-hybridized carbons (Fsp3) is 0.200. The standard InChI is InChI=1S/C20H20N2O5/c1-14(2)21-20(24)13-27-18-9-7-16(8-10-18)19(23)11-6-15-4-3-5-17(12-15)22(25)26/h3-12,14H,13H2,1-2H3,(H,21,24)/b11-6+. The van der Waals surface area contributed by atoms with E-state index in [9.17, 15) is 19.7 Å². The van der Waals surface area contributed by atoms with E-state index in [4.69, 9.17) is 4.74 Å². The van der Waals surface area contributed by atoms with Gasteiger partial charge < -0.3 is 10.1 Å². The molecule has 0 spiro atoms. The van der Waals surface area contributed by atoms with Crippen LogP contribution in [0.15, 0.2) is 54.6 Å². The van der Waals surface area contributed by atoms with Gasteiger partial charge in [0.15, 0.2) is 12.4 Å². The van der Waals surface area contributed by atoms with Crippen LogP contribution in [0.4, 0.5) is 5.69 Å². The minimum absolute atomic E-state index is 0.0346. The minimum atomic E-state index is -0.487. The van der Waals surface area contributed by atoms with Crippen LogP contribution in [0.3, 0.4) is 0 Å². The Hall–Kier alpha value is -3.48. The first-order valence-electron chi connectivity index (χ1n) is 8.34. The number of hydrogen-bond donors (Lipinski definition) is 1. The van der Waals surface area contributed by atoms with Crippen molar-refractivity contribution in [3.8, 4) is 5.75 Å². The Balaban J connectivity index is 1.96. The minimum Gasteiger partial charge on any atom is -0.484 e. The molecule has 2 aromatic carbocycles. The Morgan fingerprint density at radius 3 is 2.52 bits per heavy atom. The normalized spacial score (nSPS) is 10.8. The Morgan fingerprint density at radius 1 is 1.19 bits per heavy atom. The lowest BCUT2D eigenvalue weighted by Crippen LogP contribution is -2.34. The lowest BCUT2D eigenvalue weighted by atomic mass is 10.1. The molecule has 0 aliphatic rings. The van der Waals surface area contributed by atoms with Gasteiger partial charge in [0.1, 0.15) is 5.75 Å².